The molecule has 2 unspecified atom stereocenters. The molecular formula is C31H29N3O4S. The zero-order chi connectivity index (χ0) is 26.8. The van der Waals surface area contributed by atoms with Crippen molar-refractivity contribution in [1.29, 1.82) is 0 Å². The second-order valence-electron chi connectivity index (χ2n) is 9.79. The second kappa shape index (κ2) is 10.9. The second-order valence-corrected chi connectivity index (χ2v) is 10.2. The van der Waals surface area contributed by atoms with Crippen molar-refractivity contribution < 1.29 is 18.7 Å². The van der Waals surface area contributed by atoms with Crippen molar-refractivity contribution in [2.24, 2.45) is 0 Å². The number of carbonyl (C=O) groups excluding carboxylic acids is 1. The number of rotatable bonds is 7. The van der Waals surface area contributed by atoms with E-state index in [0.717, 1.165) is 41.3 Å². The third-order valence-corrected chi connectivity index (χ3v) is 7.64. The number of pyridine rings is 1. The number of hydrogen-bond acceptors (Lipinski definition) is 6. The first-order valence-corrected chi connectivity index (χ1v) is 13.6. The molecule has 198 valence electrons. The van der Waals surface area contributed by atoms with Crippen LogP contribution in [0.4, 0.5) is 5.69 Å². The Labute approximate surface area is 232 Å². The van der Waals surface area contributed by atoms with Gasteiger partial charge in [0.05, 0.1) is 30.5 Å². The van der Waals surface area contributed by atoms with Crippen LogP contribution >= 0.6 is 12.2 Å². The topological polar surface area (TPSA) is 76.8 Å². The number of carbonyl (C=O) groups is 1. The molecule has 0 bridgehead atoms. The minimum absolute atomic E-state index is 0.214. The summed E-state index contributed by atoms with van der Waals surface area (Å²) < 4.78 is 17.4. The van der Waals surface area contributed by atoms with Crippen LogP contribution in [0.15, 0.2) is 89.5 Å². The molecule has 7 nitrogen and oxygen atoms in total. The molecule has 2 aliphatic rings. The fraction of sp³-hybridized carbons (Fsp3) is 0.258. The molecule has 0 spiro atoms. The Kier molecular flexibility index (Phi) is 7.02. The fourth-order valence-electron chi connectivity index (χ4n) is 5.36. The molecule has 1 N–H and O–H groups in total. The lowest BCUT2D eigenvalue weighted by Crippen LogP contribution is -2.29. The Morgan fingerprint density at radius 1 is 1.00 bits per heavy atom. The standard InChI is InChI=1S/C31H29N3O4S/c1-36-30(35)21-11-9-20(10-12-21)26-17-18-27(38-26)29-28(25-8-4-5-19-32-25)33-31(39)34(29)22-13-15-24(16-14-22)37-23-6-2-3-7-23/h4-5,8-19,23,28-29H,2-3,6-7H2,1H3,(H,33,39). The number of thiocarbonyl (C=S) groups is 1. The molecule has 3 heterocycles. The summed E-state index contributed by atoms with van der Waals surface area (Å²) >= 11 is 5.85. The molecule has 2 fully saturated rings. The van der Waals surface area contributed by atoms with E-state index in [0.29, 0.717) is 22.5 Å². The molecular weight excluding hydrogens is 510 g/mol. The highest BCUT2D eigenvalue weighted by molar-refractivity contribution is 7.80. The minimum atomic E-state index is -0.374. The Bertz CT molecular complexity index is 1450. The molecule has 2 atom stereocenters. The first-order chi connectivity index (χ1) is 19.1. The van der Waals surface area contributed by atoms with Gasteiger partial charge in [0.2, 0.25) is 0 Å². The summed E-state index contributed by atoms with van der Waals surface area (Å²) in [4.78, 5) is 18.5. The predicted molar refractivity (Wildman–Crippen MR) is 153 cm³/mol. The molecule has 6 rings (SSSR count). The third-order valence-electron chi connectivity index (χ3n) is 7.33. The average molecular weight is 540 g/mol. The number of benzene rings is 2. The van der Waals surface area contributed by atoms with Crippen molar-refractivity contribution in [1.82, 2.24) is 10.3 Å². The van der Waals surface area contributed by atoms with Crippen LogP contribution in [0.25, 0.3) is 11.3 Å². The van der Waals surface area contributed by atoms with Gasteiger partial charge in [-0.3, -0.25) is 4.98 Å². The van der Waals surface area contributed by atoms with E-state index < -0.39 is 0 Å². The van der Waals surface area contributed by atoms with Gasteiger partial charge in [-0.15, -0.1) is 0 Å². The quantitative estimate of drug-likeness (QED) is 0.207. The average Bonchev–Trinajstić information content (AvgIpc) is 3.74. The first kappa shape index (κ1) is 25.1. The number of anilines is 1. The van der Waals surface area contributed by atoms with Gasteiger partial charge in [0.15, 0.2) is 5.11 Å². The van der Waals surface area contributed by atoms with Crippen molar-refractivity contribution >= 4 is 29.0 Å². The molecule has 0 amide bonds. The maximum absolute atomic E-state index is 11.8. The smallest absolute Gasteiger partial charge is 0.337 e. The zero-order valence-electron chi connectivity index (χ0n) is 21.6. The Morgan fingerprint density at radius 3 is 2.46 bits per heavy atom. The molecule has 1 saturated carbocycles. The van der Waals surface area contributed by atoms with Gasteiger partial charge in [-0.05, 0) is 98.6 Å². The number of hydrogen-bond donors (Lipinski definition) is 1. The minimum Gasteiger partial charge on any atom is -0.490 e. The monoisotopic (exact) mass is 539 g/mol. The highest BCUT2D eigenvalue weighted by Gasteiger charge is 2.42. The molecule has 0 radical (unpaired) electrons. The molecule has 1 aliphatic carbocycles. The molecule has 39 heavy (non-hydrogen) atoms. The number of aromatic nitrogens is 1. The molecule has 2 aromatic heterocycles. The van der Waals surface area contributed by atoms with Crippen LogP contribution in [0.1, 0.15) is 59.6 Å². The SMILES string of the molecule is COC(=O)c1ccc(-c2ccc(C3C(c4ccccn4)NC(=S)N3c3ccc(OC4CCCC4)cc3)o2)cc1. The van der Waals surface area contributed by atoms with Crippen LogP contribution in [0.5, 0.6) is 5.75 Å². The van der Waals surface area contributed by atoms with Crippen molar-refractivity contribution in [2.45, 2.75) is 43.9 Å². The Hall–Kier alpha value is -4.17. The maximum atomic E-state index is 11.8. The van der Waals surface area contributed by atoms with Gasteiger partial charge in [0, 0.05) is 17.4 Å². The summed E-state index contributed by atoms with van der Waals surface area (Å²) in [5.41, 5.74) is 3.15. The van der Waals surface area contributed by atoms with Crippen LogP contribution in [0.2, 0.25) is 0 Å². The van der Waals surface area contributed by atoms with Crippen molar-refractivity contribution in [3.8, 4) is 17.1 Å². The van der Waals surface area contributed by atoms with Gasteiger partial charge >= 0.3 is 5.97 Å². The number of esters is 1. The van der Waals surface area contributed by atoms with Crippen molar-refractivity contribution in [3.05, 3.63) is 102 Å². The van der Waals surface area contributed by atoms with Crippen LogP contribution in [-0.2, 0) is 4.74 Å². The number of nitrogens with zero attached hydrogens (tertiary/aromatic N) is 2. The van der Waals surface area contributed by atoms with E-state index >= 15 is 0 Å². The van der Waals surface area contributed by atoms with E-state index in [4.69, 9.17) is 26.1 Å². The molecule has 8 heteroatoms. The lowest BCUT2D eigenvalue weighted by molar-refractivity contribution is 0.0600. The van der Waals surface area contributed by atoms with E-state index in [9.17, 15) is 4.79 Å². The molecule has 1 aliphatic heterocycles. The van der Waals surface area contributed by atoms with E-state index in [1.807, 2.05) is 66.7 Å². The number of furan rings is 1. The summed E-state index contributed by atoms with van der Waals surface area (Å²) in [7, 11) is 1.37. The number of ether oxygens (including phenoxy) is 2. The number of nitrogens with one attached hydrogen (secondary N) is 1. The van der Waals surface area contributed by atoms with E-state index in [1.165, 1.54) is 20.0 Å². The lowest BCUT2D eigenvalue weighted by atomic mass is 10.0. The fourth-order valence-corrected chi connectivity index (χ4v) is 5.71. The van der Waals surface area contributed by atoms with Crippen LogP contribution < -0.4 is 15.0 Å². The molecule has 1 saturated heterocycles. The molecule has 4 aromatic rings. The van der Waals surface area contributed by atoms with Crippen molar-refractivity contribution in [2.75, 3.05) is 12.0 Å². The largest absolute Gasteiger partial charge is 0.490 e. The lowest BCUT2D eigenvalue weighted by Gasteiger charge is -2.26. The third kappa shape index (κ3) is 5.12. The van der Waals surface area contributed by atoms with Crippen LogP contribution in [-0.4, -0.2) is 29.3 Å². The van der Waals surface area contributed by atoms with Gasteiger partial charge in [-0.2, -0.15) is 0 Å². The van der Waals surface area contributed by atoms with E-state index in [2.05, 4.69) is 15.2 Å². The van der Waals surface area contributed by atoms with Crippen molar-refractivity contribution in [3.63, 3.8) is 0 Å². The summed E-state index contributed by atoms with van der Waals surface area (Å²) in [5.74, 6) is 1.94. The molecule has 2 aromatic carbocycles. The van der Waals surface area contributed by atoms with Crippen LogP contribution in [0, 0.1) is 0 Å². The zero-order valence-corrected chi connectivity index (χ0v) is 22.4. The van der Waals surface area contributed by atoms with Gasteiger partial charge in [-0.25, -0.2) is 4.79 Å². The van der Waals surface area contributed by atoms with Gasteiger partial charge in [-0.1, -0.05) is 18.2 Å². The maximum Gasteiger partial charge on any atom is 0.337 e. The Morgan fingerprint density at radius 2 is 1.77 bits per heavy atom. The Balaban J connectivity index is 1.32. The normalized spacial score (nSPS) is 19.2. The highest BCUT2D eigenvalue weighted by atomic mass is 32.1. The van der Waals surface area contributed by atoms with Gasteiger partial charge in [0.1, 0.15) is 23.3 Å². The van der Waals surface area contributed by atoms with Gasteiger partial charge < -0.3 is 24.1 Å². The first-order valence-electron chi connectivity index (χ1n) is 13.2. The van der Waals surface area contributed by atoms with E-state index in [1.54, 1.807) is 18.3 Å². The summed E-state index contributed by atoms with van der Waals surface area (Å²) in [6, 6.07) is 24.6. The van der Waals surface area contributed by atoms with Gasteiger partial charge in [0.25, 0.3) is 0 Å². The van der Waals surface area contributed by atoms with Crippen LogP contribution in [0.3, 0.4) is 0 Å². The predicted octanol–water partition coefficient (Wildman–Crippen LogP) is 6.63. The summed E-state index contributed by atoms with van der Waals surface area (Å²) in [5, 5.41) is 4.07. The van der Waals surface area contributed by atoms with E-state index in [-0.39, 0.29) is 18.1 Å². The summed E-state index contributed by atoms with van der Waals surface area (Å²) in [6.45, 7) is 0. The highest BCUT2D eigenvalue weighted by Crippen LogP contribution is 2.43. The summed E-state index contributed by atoms with van der Waals surface area (Å²) in [6.07, 6.45) is 6.77. The number of methoxy groups -OCH3 is 1.